The number of carbonyl (C=O) groups is 2. The maximum absolute atomic E-state index is 11.7. The normalized spacial score (nSPS) is 15.8. The highest BCUT2D eigenvalue weighted by Crippen LogP contribution is 2.25. The number of ether oxygens (including phenoxy) is 1. The lowest BCUT2D eigenvalue weighted by Crippen LogP contribution is -2.30. The van der Waals surface area contributed by atoms with Gasteiger partial charge in [-0.15, -0.1) is 11.8 Å². The second-order valence-electron chi connectivity index (χ2n) is 7.21. The van der Waals surface area contributed by atoms with Gasteiger partial charge in [-0.3, -0.25) is 9.59 Å². The fourth-order valence-electron chi connectivity index (χ4n) is 3.21. The Balaban J connectivity index is 1.24. The minimum atomic E-state index is -0.457. The molecule has 0 radical (unpaired) electrons. The summed E-state index contributed by atoms with van der Waals surface area (Å²) in [5, 5.41) is 2.97. The predicted octanol–water partition coefficient (Wildman–Crippen LogP) is 5.44. The van der Waals surface area contributed by atoms with Crippen LogP contribution in [-0.4, -0.2) is 28.0 Å². The number of halogens is 1. The average Bonchev–Trinajstić information content (AvgIpc) is 3.29. The molecule has 1 atom stereocenters. The molecule has 1 aromatic heterocycles. The summed E-state index contributed by atoms with van der Waals surface area (Å²) in [7, 11) is 0. The van der Waals surface area contributed by atoms with Crippen LogP contribution in [0.15, 0.2) is 57.8 Å². The first-order valence-corrected chi connectivity index (χ1v) is 12.2. The Morgan fingerprint density at radius 2 is 1.91 bits per heavy atom. The molecule has 0 spiro atoms. The van der Waals surface area contributed by atoms with E-state index in [1.807, 2.05) is 55.5 Å². The molecule has 1 aliphatic heterocycles. The highest BCUT2D eigenvalue weighted by Gasteiger charge is 2.31. The molecule has 1 N–H and O–H groups in total. The summed E-state index contributed by atoms with van der Waals surface area (Å²) < 4.78 is 11.6. The summed E-state index contributed by atoms with van der Waals surface area (Å²) in [6.45, 7) is 2.39. The summed E-state index contributed by atoms with van der Waals surface area (Å²) in [4.78, 5) is 28.7. The number of hydrogen-bond donors (Lipinski definition) is 1. The van der Waals surface area contributed by atoms with Crippen LogP contribution < -0.4 is 10.1 Å². The Kier molecular flexibility index (Phi) is 7.44. The summed E-state index contributed by atoms with van der Waals surface area (Å²) in [6.07, 6.45) is 1.12. The van der Waals surface area contributed by atoms with Crippen LogP contribution in [0.5, 0.6) is 5.75 Å². The zero-order valence-electron chi connectivity index (χ0n) is 17.3. The molecule has 2 aromatic carbocycles. The van der Waals surface area contributed by atoms with Crippen LogP contribution in [0.25, 0.3) is 0 Å². The first-order valence-electron chi connectivity index (χ1n) is 10.0. The van der Waals surface area contributed by atoms with Crippen molar-refractivity contribution in [1.29, 1.82) is 0 Å². The van der Waals surface area contributed by atoms with Crippen molar-refractivity contribution in [1.82, 2.24) is 10.3 Å². The van der Waals surface area contributed by atoms with Gasteiger partial charge in [0.25, 0.3) is 5.24 Å². The smallest absolute Gasteiger partial charge is 0.287 e. The minimum Gasteiger partial charge on any atom is -0.493 e. The molecule has 0 saturated carbocycles. The Labute approximate surface area is 199 Å². The van der Waals surface area contributed by atoms with E-state index < -0.39 is 6.04 Å². The molecule has 1 amide bonds. The Morgan fingerprint density at radius 3 is 2.59 bits per heavy atom. The third-order valence-electron chi connectivity index (χ3n) is 4.85. The molecule has 2 heterocycles. The first-order chi connectivity index (χ1) is 15.5. The van der Waals surface area contributed by atoms with Gasteiger partial charge in [-0.2, -0.15) is 0 Å². The van der Waals surface area contributed by atoms with Gasteiger partial charge in [-0.1, -0.05) is 23.7 Å². The molecule has 1 fully saturated rings. The van der Waals surface area contributed by atoms with Crippen LogP contribution in [0.3, 0.4) is 0 Å². The number of rotatable bonds is 9. The van der Waals surface area contributed by atoms with E-state index in [1.54, 1.807) is 11.8 Å². The third kappa shape index (κ3) is 6.09. The summed E-state index contributed by atoms with van der Waals surface area (Å²) in [6, 6.07) is 14.8. The lowest BCUT2D eigenvalue weighted by molar-refractivity contribution is -0.112. The largest absolute Gasteiger partial charge is 0.493 e. The molecule has 1 aliphatic rings. The molecule has 1 saturated heterocycles. The topological polar surface area (TPSA) is 81.4 Å². The van der Waals surface area contributed by atoms with Crippen molar-refractivity contribution in [2.75, 3.05) is 6.61 Å². The van der Waals surface area contributed by atoms with E-state index in [4.69, 9.17) is 20.8 Å². The Hall–Kier alpha value is -2.42. The second kappa shape index (κ2) is 10.5. The quantitative estimate of drug-likeness (QED) is 0.401. The number of thioether (sulfide) groups is 2. The molecule has 0 bridgehead atoms. The number of benzene rings is 2. The number of nitrogens with zero attached hydrogens (tertiary/aromatic N) is 1. The van der Waals surface area contributed by atoms with Gasteiger partial charge in [0.1, 0.15) is 17.6 Å². The van der Waals surface area contributed by atoms with Crippen LogP contribution in [0.2, 0.25) is 5.02 Å². The van der Waals surface area contributed by atoms with Gasteiger partial charge in [0.15, 0.2) is 0 Å². The molecule has 3 aromatic rings. The number of aromatic nitrogens is 1. The SMILES string of the molecule is Cc1oc(CSc2ccc(Cl)cc2)nc1CCOc1ccc(CC2NC(=O)SC2=O)cc1. The lowest BCUT2D eigenvalue weighted by Gasteiger charge is -2.09. The number of aryl methyl sites for hydroxylation is 1. The summed E-state index contributed by atoms with van der Waals surface area (Å²) in [5.74, 6) is 2.88. The van der Waals surface area contributed by atoms with Gasteiger partial charge in [-0.25, -0.2) is 4.98 Å². The molecule has 32 heavy (non-hydrogen) atoms. The van der Waals surface area contributed by atoms with Crippen molar-refractivity contribution in [3.63, 3.8) is 0 Å². The van der Waals surface area contributed by atoms with E-state index in [0.29, 0.717) is 31.1 Å². The van der Waals surface area contributed by atoms with Crippen LogP contribution in [0, 0.1) is 6.92 Å². The Bertz CT molecular complexity index is 1100. The number of carbonyl (C=O) groups excluding carboxylic acids is 2. The average molecular weight is 489 g/mol. The molecule has 166 valence electrons. The number of nitrogens with one attached hydrogen (secondary N) is 1. The molecular formula is C23H21ClN2O4S2. The molecule has 6 nitrogen and oxygen atoms in total. The maximum atomic E-state index is 11.7. The summed E-state index contributed by atoms with van der Waals surface area (Å²) in [5.41, 5.74) is 1.86. The molecule has 1 unspecified atom stereocenters. The first kappa shape index (κ1) is 22.8. The zero-order valence-corrected chi connectivity index (χ0v) is 19.7. The van der Waals surface area contributed by atoms with Crippen LogP contribution in [0.1, 0.15) is 22.9 Å². The highest BCUT2D eigenvalue weighted by atomic mass is 35.5. The van der Waals surface area contributed by atoms with Crippen LogP contribution >= 0.6 is 35.1 Å². The molecular weight excluding hydrogens is 468 g/mol. The third-order valence-corrected chi connectivity index (χ3v) is 6.89. The van der Waals surface area contributed by atoms with Gasteiger partial charge in [0.05, 0.1) is 18.1 Å². The second-order valence-corrected chi connectivity index (χ2v) is 9.67. The maximum Gasteiger partial charge on any atom is 0.287 e. The van der Waals surface area contributed by atoms with Crippen molar-refractivity contribution in [2.24, 2.45) is 0 Å². The fourth-order valence-corrected chi connectivity index (χ4v) is 4.74. The lowest BCUT2D eigenvalue weighted by atomic mass is 10.1. The fraction of sp³-hybridized carbons (Fsp3) is 0.261. The van der Waals surface area contributed by atoms with E-state index >= 15 is 0 Å². The van der Waals surface area contributed by atoms with Crippen LogP contribution in [0.4, 0.5) is 4.79 Å². The van der Waals surface area contributed by atoms with E-state index in [2.05, 4.69) is 10.3 Å². The van der Waals surface area contributed by atoms with Gasteiger partial charge in [0.2, 0.25) is 11.0 Å². The van der Waals surface area contributed by atoms with Crippen molar-refractivity contribution in [3.8, 4) is 5.75 Å². The molecule has 9 heteroatoms. The van der Waals surface area contributed by atoms with E-state index in [0.717, 1.165) is 44.4 Å². The standard InChI is InChI=1S/C23H21ClN2O4S2/c1-14-19(25-21(30-14)13-31-18-8-4-16(24)5-9-18)10-11-29-17-6-2-15(3-7-17)12-20-22(27)32-23(28)26-20/h2-9,20H,10-13H2,1H3,(H,26,28). The molecule has 0 aliphatic carbocycles. The number of amides is 1. The van der Waals surface area contributed by atoms with Gasteiger partial charge in [-0.05, 0) is 48.9 Å². The molecule has 4 rings (SSSR count). The predicted molar refractivity (Wildman–Crippen MR) is 127 cm³/mol. The van der Waals surface area contributed by atoms with Crippen molar-refractivity contribution in [3.05, 3.63) is 76.5 Å². The van der Waals surface area contributed by atoms with Gasteiger partial charge < -0.3 is 14.5 Å². The van der Waals surface area contributed by atoms with Crippen LogP contribution in [-0.2, 0) is 23.4 Å². The van der Waals surface area contributed by atoms with Crippen molar-refractivity contribution < 1.29 is 18.7 Å². The Morgan fingerprint density at radius 1 is 1.16 bits per heavy atom. The van der Waals surface area contributed by atoms with Gasteiger partial charge in [0, 0.05) is 34.5 Å². The van der Waals surface area contributed by atoms with Crippen molar-refractivity contribution >= 4 is 45.5 Å². The van der Waals surface area contributed by atoms with E-state index in [9.17, 15) is 9.59 Å². The van der Waals surface area contributed by atoms with E-state index in [-0.39, 0.29) is 10.4 Å². The number of hydrogen-bond acceptors (Lipinski definition) is 7. The minimum absolute atomic E-state index is 0.135. The van der Waals surface area contributed by atoms with Gasteiger partial charge >= 0.3 is 0 Å². The zero-order chi connectivity index (χ0) is 22.5. The number of oxazole rings is 1. The monoisotopic (exact) mass is 488 g/mol. The summed E-state index contributed by atoms with van der Waals surface area (Å²) >= 11 is 8.30. The van der Waals surface area contributed by atoms with E-state index in [1.165, 1.54) is 0 Å². The van der Waals surface area contributed by atoms with Crippen molar-refractivity contribution in [2.45, 2.75) is 36.5 Å². The highest BCUT2D eigenvalue weighted by molar-refractivity contribution is 8.26.